The third-order valence-electron chi connectivity index (χ3n) is 6.97. The minimum absolute atomic E-state index is 0.156. The summed E-state index contributed by atoms with van der Waals surface area (Å²) in [6.07, 6.45) is 4.57. The Morgan fingerprint density at radius 2 is 1.89 bits per heavy atom. The summed E-state index contributed by atoms with van der Waals surface area (Å²) in [4.78, 5) is 2.46. The molecule has 2 aliphatic rings. The summed E-state index contributed by atoms with van der Waals surface area (Å²) >= 11 is 0. The van der Waals surface area contributed by atoms with Crippen LogP contribution in [0.5, 0.6) is 5.75 Å². The lowest BCUT2D eigenvalue weighted by Gasteiger charge is -2.33. The molecule has 0 saturated carbocycles. The molecule has 2 aromatic rings. The van der Waals surface area contributed by atoms with E-state index in [1.807, 2.05) is 0 Å². The zero-order chi connectivity index (χ0) is 24.3. The molecule has 1 N–H and O–H groups in total. The molecule has 0 bridgehead atoms. The monoisotopic (exact) mass is 482 g/mol. The van der Waals surface area contributed by atoms with Gasteiger partial charge in [0.15, 0.2) is 0 Å². The smallest absolute Gasteiger partial charge is 0.142 e. The Kier molecular flexibility index (Phi) is 10.3. The number of anilines is 1. The summed E-state index contributed by atoms with van der Waals surface area (Å²) in [6, 6.07) is 15.4. The zero-order valence-electron chi connectivity index (χ0n) is 21.5. The van der Waals surface area contributed by atoms with Crippen molar-refractivity contribution in [2.45, 2.75) is 57.8 Å². The van der Waals surface area contributed by atoms with Gasteiger partial charge in [0.25, 0.3) is 0 Å². The van der Waals surface area contributed by atoms with E-state index in [9.17, 15) is 0 Å². The van der Waals surface area contributed by atoms with E-state index in [0.29, 0.717) is 19.1 Å². The third-order valence-corrected chi connectivity index (χ3v) is 6.97. The van der Waals surface area contributed by atoms with Crippen molar-refractivity contribution in [3.8, 4) is 5.75 Å². The van der Waals surface area contributed by atoms with Crippen molar-refractivity contribution in [1.29, 1.82) is 0 Å². The van der Waals surface area contributed by atoms with Crippen LogP contribution < -0.4 is 15.0 Å². The molecule has 2 atom stereocenters. The molecule has 0 amide bonds. The highest BCUT2D eigenvalue weighted by atomic mass is 16.5. The molecule has 1 unspecified atom stereocenters. The van der Waals surface area contributed by atoms with Crippen molar-refractivity contribution >= 4 is 5.69 Å². The predicted octanol–water partition coefficient (Wildman–Crippen LogP) is 4.90. The second kappa shape index (κ2) is 13.8. The summed E-state index contributed by atoms with van der Waals surface area (Å²) in [5, 5.41) is 3.52. The summed E-state index contributed by atoms with van der Waals surface area (Å²) in [5.74, 6) is 1.39. The lowest BCUT2D eigenvalue weighted by atomic mass is 9.87. The van der Waals surface area contributed by atoms with Crippen LogP contribution in [0.2, 0.25) is 0 Å². The van der Waals surface area contributed by atoms with Crippen LogP contribution >= 0.6 is 0 Å². The van der Waals surface area contributed by atoms with Gasteiger partial charge >= 0.3 is 0 Å². The van der Waals surface area contributed by atoms with Crippen LogP contribution in [0.3, 0.4) is 0 Å². The van der Waals surface area contributed by atoms with Crippen LogP contribution in [0, 0.1) is 0 Å². The lowest BCUT2D eigenvalue weighted by Crippen LogP contribution is -2.41. The van der Waals surface area contributed by atoms with Crippen LogP contribution in [-0.4, -0.2) is 59.2 Å². The van der Waals surface area contributed by atoms with Gasteiger partial charge in [0.1, 0.15) is 12.4 Å². The van der Waals surface area contributed by atoms with Crippen LogP contribution in [0.15, 0.2) is 42.5 Å². The molecule has 2 aromatic carbocycles. The molecule has 6 nitrogen and oxygen atoms in total. The molecule has 2 heterocycles. The Morgan fingerprint density at radius 1 is 1.03 bits per heavy atom. The Labute approximate surface area is 210 Å². The second-order valence-electron chi connectivity index (χ2n) is 9.58. The number of hydrogen-bond donors (Lipinski definition) is 1. The average Bonchev–Trinajstić information content (AvgIpc) is 2.91. The van der Waals surface area contributed by atoms with Crippen molar-refractivity contribution in [1.82, 2.24) is 5.32 Å². The molecule has 35 heavy (non-hydrogen) atoms. The molecule has 4 rings (SSSR count). The molecular weight excluding hydrogens is 440 g/mol. The van der Waals surface area contributed by atoms with Crippen LogP contribution in [0.1, 0.15) is 55.2 Å². The lowest BCUT2D eigenvalue weighted by molar-refractivity contribution is 0.0106. The molecule has 0 spiro atoms. The van der Waals surface area contributed by atoms with E-state index in [-0.39, 0.29) is 6.10 Å². The molecule has 1 fully saturated rings. The number of ether oxygens (including phenoxy) is 4. The molecule has 2 aliphatic heterocycles. The summed E-state index contributed by atoms with van der Waals surface area (Å²) in [7, 11) is 1.72. The van der Waals surface area contributed by atoms with Crippen LogP contribution in [-0.2, 0) is 27.4 Å². The van der Waals surface area contributed by atoms with Gasteiger partial charge < -0.3 is 29.2 Å². The number of nitrogens with zero attached hydrogens (tertiary/aromatic N) is 1. The van der Waals surface area contributed by atoms with Gasteiger partial charge in [-0.15, -0.1) is 0 Å². The SMILES string of the molecule is CCCCN1CCOc2ccc(COC3CNCC[C@@H]3c3ccc(COCCCOC)cc3)cc21. The first-order valence-electron chi connectivity index (χ1n) is 13.3. The zero-order valence-corrected chi connectivity index (χ0v) is 21.5. The average molecular weight is 483 g/mol. The van der Waals surface area contributed by atoms with E-state index in [2.05, 4.69) is 59.6 Å². The van der Waals surface area contributed by atoms with Gasteiger partial charge in [0.05, 0.1) is 31.5 Å². The van der Waals surface area contributed by atoms with Crippen molar-refractivity contribution in [2.24, 2.45) is 0 Å². The van der Waals surface area contributed by atoms with E-state index in [1.54, 1.807) is 7.11 Å². The molecule has 6 heteroatoms. The van der Waals surface area contributed by atoms with Gasteiger partial charge in [0.2, 0.25) is 0 Å². The van der Waals surface area contributed by atoms with Crippen molar-refractivity contribution in [2.75, 3.05) is 58.0 Å². The molecule has 0 aromatic heterocycles. The fourth-order valence-electron chi connectivity index (χ4n) is 4.94. The Bertz CT molecular complexity index is 889. The minimum Gasteiger partial charge on any atom is -0.490 e. The fraction of sp³-hybridized carbons (Fsp3) is 0.586. The third kappa shape index (κ3) is 7.43. The quantitative estimate of drug-likeness (QED) is 0.410. The van der Waals surface area contributed by atoms with E-state index in [1.165, 1.54) is 35.2 Å². The summed E-state index contributed by atoms with van der Waals surface area (Å²) in [6.45, 7) is 9.69. The molecule has 192 valence electrons. The summed E-state index contributed by atoms with van der Waals surface area (Å²) < 4.78 is 23.3. The number of benzene rings is 2. The standard InChI is InChI=1S/C29H42N2O4/c1-3-4-14-31-15-18-34-28-11-8-24(19-27(28)31)22-35-29-20-30-13-12-26(29)25-9-6-23(7-10-25)21-33-17-5-16-32-2/h6-11,19,26,29-30H,3-5,12-18,20-22H2,1-2H3/t26-,29?/m1/s1. The second-order valence-corrected chi connectivity index (χ2v) is 9.58. The van der Waals surface area contributed by atoms with Crippen LogP contribution in [0.4, 0.5) is 5.69 Å². The van der Waals surface area contributed by atoms with E-state index in [0.717, 1.165) is 64.6 Å². The largest absolute Gasteiger partial charge is 0.490 e. The highest BCUT2D eigenvalue weighted by molar-refractivity contribution is 5.61. The van der Waals surface area contributed by atoms with E-state index in [4.69, 9.17) is 18.9 Å². The number of nitrogens with one attached hydrogen (secondary N) is 1. The molecule has 0 aliphatic carbocycles. The molecule has 0 radical (unpaired) electrons. The Hall–Kier alpha value is -2.12. The number of hydrogen-bond acceptors (Lipinski definition) is 6. The van der Waals surface area contributed by atoms with Crippen molar-refractivity contribution in [3.05, 3.63) is 59.2 Å². The maximum atomic E-state index is 6.52. The first-order chi connectivity index (χ1) is 17.3. The highest BCUT2D eigenvalue weighted by Gasteiger charge is 2.27. The number of unbranched alkanes of at least 4 members (excludes halogenated alkanes) is 1. The topological polar surface area (TPSA) is 52.2 Å². The number of fused-ring (bicyclic) bond motifs is 1. The van der Waals surface area contributed by atoms with Crippen LogP contribution in [0.25, 0.3) is 0 Å². The van der Waals surface area contributed by atoms with E-state index >= 15 is 0 Å². The Balaban J connectivity index is 1.34. The maximum Gasteiger partial charge on any atom is 0.142 e. The first-order valence-corrected chi connectivity index (χ1v) is 13.3. The summed E-state index contributed by atoms with van der Waals surface area (Å²) in [5.41, 5.74) is 4.98. The van der Waals surface area contributed by atoms with Gasteiger partial charge in [-0.25, -0.2) is 0 Å². The first kappa shape index (κ1) is 26.0. The fourth-order valence-corrected chi connectivity index (χ4v) is 4.94. The molecular formula is C29H42N2O4. The van der Waals surface area contributed by atoms with E-state index < -0.39 is 0 Å². The minimum atomic E-state index is 0.156. The van der Waals surface area contributed by atoms with Gasteiger partial charge in [-0.05, 0) is 54.6 Å². The van der Waals surface area contributed by atoms with Crippen molar-refractivity contribution < 1.29 is 18.9 Å². The van der Waals surface area contributed by atoms with Gasteiger partial charge in [-0.2, -0.15) is 0 Å². The highest BCUT2D eigenvalue weighted by Crippen LogP contribution is 2.34. The van der Waals surface area contributed by atoms with Gasteiger partial charge in [0, 0.05) is 39.3 Å². The Morgan fingerprint density at radius 3 is 2.71 bits per heavy atom. The number of methoxy groups -OCH3 is 1. The predicted molar refractivity (Wildman–Crippen MR) is 140 cm³/mol. The normalized spacial score (nSPS) is 19.9. The van der Waals surface area contributed by atoms with Gasteiger partial charge in [-0.1, -0.05) is 43.7 Å². The van der Waals surface area contributed by atoms with Crippen molar-refractivity contribution in [3.63, 3.8) is 0 Å². The number of rotatable bonds is 13. The number of piperidine rings is 1. The van der Waals surface area contributed by atoms with Gasteiger partial charge in [-0.3, -0.25) is 0 Å². The maximum absolute atomic E-state index is 6.52. The molecule has 1 saturated heterocycles.